The van der Waals surface area contributed by atoms with Gasteiger partial charge in [0.25, 0.3) is 5.24 Å². The lowest BCUT2D eigenvalue weighted by Gasteiger charge is -2.11. The van der Waals surface area contributed by atoms with Crippen LogP contribution < -0.4 is 0 Å². The molecule has 0 aliphatic rings. The maximum Gasteiger partial charge on any atom is 0.339 e. The highest BCUT2D eigenvalue weighted by Crippen LogP contribution is 2.25. The predicted molar refractivity (Wildman–Crippen MR) is 62.7 cm³/mol. The van der Waals surface area contributed by atoms with Crippen molar-refractivity contribution in [3.8, 4) is 0 Å². The van der Waals surface area contributed by atoms with Crippen LogP contribution >= 0.6 is 11.8 Å². The zero-order valence-corrected chi connectivity index (χ0v) is 10.2. The van der Waals surface area contributed by atoms with Crippen LogP contribution in [0.15, 0.2) is 29.2 Å². The molecule has 0 fully saturated rings. The summed E-state index contributed by atoms with van der Waals surface area (Å²) in [6.45, 7) is 0. The monoisotopic (exact) mass is 239 g/mol. The number of hydrogen-bond acceptors (Lipinski definition) is 4. The van der Waals surface area contributed by atoms with E-state index in [9.17, 15) is 9.59 Å². The Morgan fingerprint density at radius 1 is 1.25 bits per heavy atom. The van der Waals surface area contributed by atoms with Crippen LogP contribution in [0.2, 0.25) is 0 Å². The first-order valence-electron chi connectivity index (χ1n) is 4.62. The van der Waals surface area contributed by atoms with E-state index < -0.39 is 5.97 Å². The summed E-state index contributed by atoms with van der Waals surface area (Å²) in [5.41, 5.74) is 0.408. The number of nitrogens with zero attached hydrogens (tertiary/aromatic N) is 1. The molecule has 1 aromatic carbocycles. The number of rotatable bonds is 2. The van der Waals surface area contributed by atoms with Crippen LogP contribution in [0.1, 0.15) is 10.4 Å². The molecule has 86 valence electrons. The molecule has 0 aliphatic heterocycles. The number of methoxy groups -OCH3 is 1. The van der Waals surface area contributed by atoms with Crippen LogP contribution in [-0.4, -0.2) is 37.3 Å². The van der Waals surface area contributed by atoms with Crippen molar-refractivity contribution in [1.29, 1.82) is 0 Å². The average Bonchev–Trinajstić information content (AvgIpc) is 2.28. The van der Waals surface area contributed by atoms with E-state index in [1.54, 1.807) is 38.4 Å². The molecule has 0 saturated carbocycles. The Kier molecular flexibility index (Phi) is 4.37. The molecular weight excluding hydrogens is 226 g/mol. The number of carbonyl (C=O) groups is 2. The Morgan fingerprint density at radius 2 is 1.88 bits per heavy atom. The van der Waals surface area contributed by atoms with E-state index in [0.29, 0.717) is 10.5 Å². The maximum absolute atomic E-state index is 11.5. The van der Waals surface area contributed by atoms with E-state index in [4.69, 9.17) is 0 Å². The number of ether oxygens (including phenoxy) is 1. The second-order valence-corrected chi connectivity index (χ2v) is 4.24. The summed E-state index contributed by atoms with van der Waals surface area (Å²) in [5.74, 6) is -0.436. The normalized spacial score (nSPS) is 9.69. The van der Waals surface area contributed by atoms with Crippen molar-refractivity contribution in [2.75, 3.05) is 21.2 Å². The summed E-state index contributed by atoms with van der Waals surface area (Å²) in [6, 6.07) is 6.86. The van der Waals surface area contributed by atoms with Crippen molar-refractivity contribution in [3.63, 3.8) is 0 Å². The average molecular weight is 239 g/mol. The van der Waals surface area contributed by atoms with E-state index in [0.717, 1.165) is 11.8 Å². The number of benzene rings is 1. The first-order valence-corrected chi connectivity index (χ1v) is 5.44. The highest BCUT2D eigenvalue weighted by molar-refractivity contribution is 8.13. The van der Waals surface area contributed by atoms with Crippen LogP contribution in [-0.2, 0) is 4.74 Å². The van der Waals surface area contributed by atoms with Gasteiger partial charge in [-0.25, -0.2) is 4.79 Å². The third kappa shape index (κ3) is 3.00. The van der Waals surface area contributed by atoms with Crippen LogP contribution in [0.4, 0.5) is 4.79 Å². The molecule has 1 rings (SSSR count). The lowest BCUT2D eigenvalue weighted by Crippen LogP contribution is -2.16. The molecule has 0 N–H and O–H groups in total. The van der Waals surface area contributed by atoms with Gasteiger partial charge in [0.2, 0.25) is 0 Å². The van der Waals surface area contributed by atoms with Crippen molar-refractivity contribution < 1.29 is 14.3 Å². The standard InChI is InChI=1S/C11H13NO3S/c1-12(2)11(14)16-9-7-5-4-6-8(9)10(13)15-3/h4-7H,1-3H3. The van der Waals surface area contributed by atoms with Gasteiger partial charge in [-0.05, 0) is 23.9 Å². The molecule has 0 heterocycles. The van der Waals surface area contributed by atoms with E-state index in [2.05, 4.69) is 4.74 Å². The van der Waals surface area contributed by atoms with Crippen molar-refractivity contribution in [1.82, 2.24) is 4.90 Å². The largest absolute Gasteiger partial charge is 0.465 e. The molecule has 0 aromatic heterocycles. The Labute approximate surface area is 98.6 Å². The Balaban J connectivity index is 2.95. The Hall–Kier alpha value is -1.49. The lowest BCUT2D eigenvalue weighted by molar-refractivity contribution is 0.0597. The molecule has 0 aliphatic carbocycles. The third-order valence-corrected chi connectivity index (χ3v) is 2.97. The quantitative estimate of drug-likeness (QED) is 0.586. The van der Waals surface area contributed by atoms with Crippen LogP contribution in [0.5, 0.6) is 0 Å². The second kappa shape index (κ2) is 5.55. The summed E-state index contributed by atoms with van der Waals surface area (Å²) in [7, 11) is 4.64. The highest BCUT2D eigenvalue weighted by atomic mass is 32.2. The van der Waals surface area contributed by atoms with Gasteiger partial charge < -0.3 is 9.64 Å². The SMILES string of the molecule is COC(=O)c1ccccc1SC(=O)N(C)C. The van der Waals surface area contributed by atoms with Gasteiger partial charge in [-0.2, -0.15) is 0 Å². The third-order valence-electron chi connectivity index (χ3n) is 1.85. The predicted octanol–water partition coefficient (Wildman–Crippen LogP) is 2.25. The Bertz CT molecular complexity index is 404. The van der Waals surface area contributed by atoms with Gasteiger partial charge in [0.15, 0.2) is 0 Å². The van der Waals surface area contributed by atoms with E-state index >= 15 is 0 Å². The topological polar surface area (TPSA) is 46.6 Å². The first kappa shape index (κ1) is 12.6. The molecule has 0 bridgehead atoms. The second-order valence-electron chi connectivity index (χ2n) is 3.25. The summed E-state index contributed by atoms with van der Waals surface area (Å²) < 4.78 is 4.64. The summed E-state index contributed by atoms with van der Waals surface area (Å²) in [6.07, 6.45) is 0. The molecule has 0 saturated heterocycles. The van der Waals surface area contributed by atoms with Gasteiger partial charge in [-0.3, -0.25) is 4.79 Å². The molecular formula is C11H13NO3S. The van der Waals surface area contributed by atoms with Gasteiger partial charge in [0.05, 0.1) is 12.7 Å². The van der Waals surface area contributed by atoms with Crippen molar-refractivity contribution in [2.24, 2.45) is 0 Å². The molecule has 5 heteroatoms. The number of esters is 1. The smallest absolute Gasteiger partial charge is 0.339 e. The maximum atomic E-state index is 11.5. The number of carbonyl (C=O) groups excluding carboxylic acids is 2. The van der Waals surface area contributed by atoms with Gasteiger partial charge >= 0.3 is 5.97 Å². The zero-order chi connectivity index (χ0) is 12.1. The molecule has 1 aromatic rings. The lowest BCUT2D eigenvalue weighted by atomic mass is 10.2. The van der Waals surface area contributed by atoms with Crippen LogP contribution in [0.3, 0.4) is 0 Å². The Morgan fingerprint density at radius 3 is 2.44 bits per heavy atom. The molecule has 0 spiro atoms. The minimum atomic E-state index is -0.436. The fourth-order valence-corrected chi connectivity index (χ4v) is 1.80. The van der Waals surface area contributed by atoms with Gasteiger partial charge in [0, 0.05) is 19.0 Å². The molecule has 4 nitrogen and oxygen atoms in total. The molecule has 0 radical (unpaired) electrons. The van der Waals surface area contributed by atoms with Crippen LogP contribution in [0.25, 0.3) is 0 Å². The zero-order valence-electron chi connectivity index (χ0n) is 9.39. The molecule has 0 atom stereocenters. The van der Waals surface area contributed by atoms with Crippen LogP contribution in [0, 0.1) is 0 Å². The highest BCUT2D eigenvalue weighted by Gasteiger charge is 2.15. The van der Waals surface area contributed by atoms with Crippen molar-refractivity contribution >= 4 is 23.0 Å². The van der Waals surface area contributed by atoms with E-state index in [1.165, 1.54) is 12.0 Å². The molecule has 0 unspecified atom stereocenters. The van der Waals surface area contributed by atoms with Gasteiger partial charge in [-0.1, -0.05) is 12.1 Å². The molecule has 16 heavy (non-hydrogen) atoms. The van der Waals surface area contributed by atoms with Crippen molar-refractivity contribution in [3.05, 3.63) is 29.8 Å². The van der Waals surface area contributed by atoms with E-state index in [-0.39, 0.29) is 5.24 Å². The number of amides is 1. The van der Waals surface area contributed by atoms with Crippen molar-refractivity contribution in [2.45, 2.75) is 4.90 Å². The summed E-state index contributed by atoms with van der Waals surface area (Å²) in [4.78, 5) is 25.0. The minimum Gasteiger partial charge on any atom is -0.465 e. The molecule has 1 amide bonds. The number of hydrogen-bond donors (Lipinski definition) is 0. The summed E-state index contributed by atoms with van der Waals surface area (Å²) in [5, 5.41) is -0.128. The fraction of sp³-hybridized carbons (Fsp3) is 0.273. The first-order chi connectivity index (χ1) is 7.56. The van der Waals surface area contributed by atoms with Gasteiger partial charge in [0.1, 0.15) is 0 Å². The van der Waals surface area contributed by atoms with E-state index in [1.807, 2.05) is 0 Å². The minimum absolute atomic E-state index is 0.128. The summed E-state index contributed by atoms with van der Waals surface area (Å²) >= 11 is 1.01. The number of thioether (sulfide) groups is 1. The fourth-order valence-electron chi connectivity index (χ4n) is 1.02. The van der Waals surface area contributed by atoms with Gasteiger partial charge in [-0.15, -0.1) is 0 Å².